The lowest BCUT2D eigenvalue weighted by Gasteiger charge is -2.61. The molecule has 2 fully saturated rings. The molecule has 0 N–H and O–H groups in total. The first-order valence-corrected chi connectivity index (χ1v) is 5.99. The highest BCUT2D eigenvalue weighted by atomic mass is 16.6. The topological polar surface area (TPSA) is 44.8 Å². The Kier molecular flexibility index (Phi) is 1.48. The molecule has 4 aliphatic rings. The van der Waals surface area contributed by atoms with Crippen molar-refractivity contribution in [1.82, 2.24) is 0 Å². The summed E-state index contributed by atoms with van der Waals surface area (Å²) in [5, 5.41) is 0. The zero-order valence-electron chi connectivity index (χ0n) is 9.80. The Bertz CT molecular complexity index is 480. The highest BCUT2D eigenvalue weighted by molar-refractivity contribution is 5.85. The number of carbonyl (C=O) groups is 1. The molecule has 4 heteroatoms. The van der Waals surface area contributed by atoms with E-state index in [9.17, 15) is 4.79 Å². The predicted octanol–water partition coefficient (Wildman–Crippen LogP) is 1.18. The number of ether oxygens (including phenoxy) is 3. The van der Waals surface area contributed by atoms with E-state index in [-0.39, 0.29) is 23.9 Å². The third-order valence-electron chi connectivity index (χ3n) is 4.84. The summed E-state index contributed by atoms with van der Waals surface area (Å²) >= 11 is 0. The lowest BCUT2D eigenvalue weighted by molar-refractivity contribution is -0.264. The number of fused-ring (bicyclic) bond motifs is 1. The van der Waals surface area contributed by atoms with Crippen molar-refractivity contribution in [3.8, 4) is 0 Å². The van der Waals surface area contributed by atoms with E-state index in [1.165, 1.54) is 0 Å². The van der Waals surface area contributed by atoms with Gasteiger partial charge >= 0.3 is 5.97 Å². The van der Waals surface area contributed by atoms with Gasteiger partial charge in [-0.2, -0.15) is 0 Å². The maximum atomic E-state index is 11.7. The van der Waals surface area contributed by atoms with E-state index < -0.39 is 11.2 Å². The van der Waals surface area contributed by atoms with Gasteiger partial charge in [-0.15, -0.1) is 0 Å². The van der Waals surface area contributed by atoms with E-state index in [0.717, 1.165) is 5.57 Å². The Balaban J connectivity index is 1.90. The Morgan fingerprint density at radius 2 is 2.29 bits per heavy atom. The van der Waals surface area contributed by atoms with Crippen molar-refractivity contribution in [2.75, 3.05) is 6.61 Å². The van der Waals surface area contributed by atoms with Crippen LogP contribution in [0.1, 0.15) is 13.8 Å². The van der Waals surface area contributed by atoms with Gasteiger partial charge in [-0.25, -0.2) is 4.79 Å². The lowest BCUT2D eigenvalue weighted by Crippen LogP contribution is -2.78. The van der Waals surface area contributed by atoms with Crippen molar-refractivity contribution in [2.24, 2.45) is 11.8 Å². The zero-order valence-corrected chi connectivity index (χ0v) is 9.80. The average Bonchev–Trinajstić information content (AvgIpc) is 2.72. The van der Waals surface area contributed by atoms with Crippen molar-refractivity contribution in [3.05, 3.63) is 24.0 Å². The van der Waals surface area contributed by atoms with Crippen LogP contribution in [0.2, 0.25) is 0 Å². The smallest absolute Gasteiger partial charge is 0.331 e. The summed E-state index contributed by atoms with van der Waals surface area (Å²) in [7, 11) is 0. The SMILES string of the molecule is CC1=CC(=O)OC23COC(C)C24OC=CC4C13. The molecular weight excluding hydrogens is 220 g/mol. The quantitative estimate of drug-likeness (QED) is 0.590. The summed E-state index contributed by atoms with van der Waals surface area (Å²) in [5.74, 6) is 0.207. The molecule has 4 rings (SSSR count). The lowest BCUT2D eigenvalue weighted by atomic mass is 9.48. The monoisotopic (exact) mass is 234 g/mol. The Labute approximate surface area is 99.2 Å². The minimum atomic E-state index is -0.601. The second-order valence-electron chi connectivity index (χ2n) is 5.40. The van der Waals surface area contributed by atoms with E-state index in [1.54, 1.807) is 12.3 Å². The van der Waals surface area contributed by atoms with Gasteiger partial charge in [-0.1, -0.05) is 5.57 Å². The number of rotatable bonds is 0. The largest absolute Gasteiger partial charge is 0.487 e. The molecule has 1 aliphatic carbocycles. The van der Waals surface area contributed by atoms with Crippen LogP contribution in [0.15, 0.2) is 24.0 Å². The highest BCUT2D eigenvalue weighted by Crippen LogP contribution is 2.68. The standard InChI is InChI=1S/C13H14O4/c1-7-5-10(14)17-12-6-15-8(2)13(12)9(11(7)12)3-4-16-13/h3-5,8-9,11H,6H2,1-2H3. The van der Waals surface area contributed by atoms with Crippen LogP contribution in [-0.2, 0) is 19.0 Å². The van der Waals surface area contributed by atoms with Crippen LogP contribution in [0.5, 0.6) is 0 Å². The molecule has 2 spiro atoms. The molecule has 3 aliphatic heterocycles. The summed E-state index contributed by atoms with van der Waals surface area (Å²) < 4.78 is 17.2. The molecule has 5 unspecified atom stereocenters. The van der Waals surface area contributed by atoms with Gasteiger partial charge < -0.3 is 14.2 Å². The molecule has 3 heterocycles. The Morgan fingerprint density at radius 1 is 1.47 bits per heavy atom. The third-order valence-corrected chi connectivity index (χ3v) is 4.84. The van der Waals surface area contributed by atoms with Crippen LogP contribution in [0, 0.1) is 11.8 Å². The highest BCUT2D eigenvalue weighted by Gasteiger charge is 2.83. The van der Waals surface area contributed by atoms with Crippen LogP contribution in [0.25, 0.3) is 0 Å². The molecule has 0 bridgehead atoms. The van der Waals surface area contributed by atoms with Crippen LogP contribution < -0.4 is 0 Å². The average molecular weight is 234 g/mol. The number of hydrogen-bond acceptors (Lipinski definition) is 4. The fraction of sp³-hybridized carbons (Fsp3) is 0.615. The van der Waals surface area contributed by atoms with Gasteiger partial charge in [0, 0.05) is 17.9 Å². The summed E-state index contributed by atoms with van der Waals surface area (Å²) in [6.07, 6.45) is 5.36. The minimum absolute atomic E-state index is 0.0440. The molecule has 0 amide bonds. The van der Waals surface area contributed by atoms with Crippen LogP contribution in [-0.4, -0.2) is 29.9 Å². The number of hydrogen-bond donors (Lipinski definition) is 0. The molecule has 4 nitrogen and oxygen atoms in total. The van der Waals surface area contributed by atoms with Crippen LogP contribution in [0.4, 0.5) is 0 Å². The number of esters is 1. The molecule has 90 valence electrons. The maximum absolute atomic E-state index is 11.7. The van der Waals surface area contributed by atoms with Gasteiger partial charge in [0.25, 0.3) is 0 Å². The Morgan fingerprint density at radius 3 is 3.12 bits per heavy atom. The molecule has 1 saturated heterocycles. The van der Waals surface area contributed by atoms with Gasteiger partial charge in [0.15, 0.2) is 11.2 Å². The van der Waals surface area contributed by atoms with Crippen molar-refractivity contribution in [1.29, 1.82) is 0 Å². The Hall–Kier alpha value is -1.29. The van der Waals surface area contributed by atoms with E-state index in [1.807, 2.05) is 13.8 Å². The van der Waals surface area contributed by atoms with Crippen LogP contribution in [0.3, 0.4) is 0 Å². The predicted molar refractivity (Wildman–Crippen MR) is 57.9 cm³/mol. The molecule has 1 saturated carbocycles. The fourth-order valence-electron chi connectivity index (χ4n) is 4.23. The first-order chi connectivity index (χ1) is 8.12. The molecule has 0 aromatic rings. The van der Waals surface area contributed by atoms with E-state index >= 15 is 0 Å². The second-order valence-corrected chi connectivity index (χ2v) is 5.40. The summed E-state index contributed by atoms with van der Waals surface area (Å²) in [6.45, 7) is 4.42. The van der Waals surface area contributed by atoms with E-state index in [2.05, 4.69) is 6.08 Å². The molecule has 0 aromatic carbocycles. The first kappa shape index (κ1) is 9.71. The fourth-order valence-corrected chi connectivity index (χ4v) is 4.23. The zero-order chi connectivity index (χ0) is 11.8. The molecular formula is C13H14O4. The first-order valence-electron chi connectivity index (χ1n) is 5.99. The minimum Gasteiger partial charge on any atom is -0.487 e. The summed E-state index contributed by atoms with van der Waals surface area (Å²) in [4.78, 5) is 11.7. The van der Waals surface area contributed by atoms with Crippen molar-refractivity contribution < 1.29 is 19.0 Å². The van der Waals surface area contributed by atoms with Gasteiger partial charge in [0.2, 0.25) is 0 Å². The van der Waals surface area contributed by atoms with Gasteiger partial charge in [-0.05, 0) is 19.9 Å². The second kappa shape index (κ2) is 2.58. The van der Waals surface area contributed by atoms with Crippen molar-refractivity contribution in [3.63, 3.8) is 0 Å². The normalized spacial score (nSPS) is 53.9. The molecule has 0 aromatic heterocycles. The molecule has 5 atom stereocenters. The third kappa shape index (κ3) is 0.766. The summed E-state index contributed by atoms with van der Waals surface area (Å²) in [5.41, 5.74) is -0.00553. The van der Waals surface area contributed by atoms with Crippen molar-refractivity contribution in [2.45, 2.75) is 31.2 Å². The summed E-state index contributed by atoms with van der Waals surface area (Å²) in [6, 6.07) is 0. The number of carbonyl (C=O) groups excluding carboxylic acids is 1. The molecule has 0 radical (unpaired) electrons. The maximum Gasteiger partial charge on any atom is 0.331 e. The van der Waals surface area contributed by atoms with Crippen LogP contribution >= 0.6 is 0 Å². The van der Waals surface area contributed by atoms with Gasteiger partial charge in [0.05, 0.1) is 19.0 Å². The molecule has 17 heavy (non-hydrogen) atoms. The van der Waals surface area contributed by atoms with Crippen molar-refractivity contribution >= 4 is 5.97 Å². The van der Waals surface area contributed by atoms with Gasteiger partial charge in [-0.3, -0.25) is 0 Å². The van der Waals surface area contributed by atoms with E-state index in [0.29, 0.717) is 6.61 Å². The van der Waals surface area contributed by atoms with Gasteiger partial charge in [0.1, 0.15) is 0 Å². The van der Waals surface area contributed by atoms with E-state index in [4.69, 9.17) is 14.2 Å².